The van der Waals surface area contributed by atoms with Crippen LogP contribution in [0.4, 0.5) is 0 Å². The van der Waals surface area contributed by atoms with Crippen molar-refractivity contribution in [2.24, 2.45) is 11.8 Å². The van der Waals surface area contributed by atoms with Gasteiger partial charge in [0.25, 0.3) is 0 Å². The van der Waals surface area contributed by atoms with Gasteiger partial charge in [-0.25, -0.2) is 0 Å². The normalized spacial score (nSPS) is 25.9. The van der Waals surface area contributed by atoms with E-state index in [2.05, 4.69) is 19.2 Å². The minimum Gasteiger partial charge on any atom is -0.508 e. The van der Waals surface area contributed by atoms with Crippen molar-refractivity contribution >= 4 is 0 Å². The zero-order valence-corrected chi connectivity index (χ0v) is 11.5. The molecule has 0 aliphatic heterocycles. The summed E-state index contributed by atoms with van der Waals surface area (Å²) in [6, 6.07) is 7.88. The second-order valence-electron chi connectivity index (χ2n) is 5.85. The average molecular weight is 247 g/mol. The second kappa shape index (κ2) is 6.24. The highest BCUT2D eigenvalue weighted by Gasteiger charge is 2.18. The van der Waals surface area contributed by atoms with E-state index in [1.807, 2.05) is 12.1 Å². The Kier molecular flexibility index (Phi) is 4.65. The Morgan fingerprint density at radius 3 is 2.39 bits per heavy atom. The molecule has 100 valence electrons. The SMILES string of the molecule is CC1CCC(CNC(C)c2ccc(O)cc2)CC1. The van der Waals surface area contributed by atoms with Crippen LogP contribution in [0.5, 0.6) is 5.75 Å². The summed E-state index contributed by atoms with van der Waals surface area (Å²) in [6.45, 7) is 5.68. The van der Waals surface area contributed by atoms with Crippen LogP contribution >= 0.6 is 0 Å². The molecule has 2 rings (SSSR count). The van der Waals surface area contributed by atoms with E-state index in [4.69, 9.17) is 0 Å². The molecule has 1 atom stereocenters. The molecule has 2 heteroatoms. The fourth-order valence-corrected chi connectivity index (χ4v) is 2.76. The maximum Gasteiger partial charge on any atom is 0.115 e. The van der Waals surface area contributed by atoms with Crippen LogP contribution in [0, 0.1) is 11.8 Å². The van der Waals surface area contributed by atoms with Gasteiger partial charge in [0.05, 0.1) is 0 Å². The Morgan fingerprint density at radius 1 is 1.17 bits per heavy atom. The molecule has 2 N–H and O–H groups in total. The lowest BCUT2D eigenvalue weighted by Crippen LogP contribution is -2.28. The van der Waals surface area contributed by atoms with E-state index >= 15 is 0 Å². The molecular weight excluding hydrogens is 222 g/mol. The van der Waals surface area contributed by atoms with Gasteiger partial charge < -0.3 is 10.4 Å². The van der Waals surface area contributed by atoms with Crippen molar-refractivity contribution in [2.45, 2.75) is 45.6 Å². The molecule has 1 unspecified atom stereocenters. The zero-order valence-electron chi connectivity index (χ0n) is 11.5. The van der Waals surface area contributed by atoms with Crippen molar-refractivity contribution in [1.82, 2.24) is 5.32 Å². The number of nitrogens with one attached hydrogen (secondary N) is 1. The van der Waals surface area contributed by atoms with Crippen molar-refractivity contribution in [1.29, 1.82) is 0 Å². The van der Waals surface area contributed by atoms with Gasteiger partial charge in [-0.05, 0) is 55.8 Å². The van der Waals surface area contributed by atoms with E-state index in [1.54, 1.807) is 12.1 Å². The Morgan fingerprint density at radius 2 is 1.78 bits per heavy atom. The molecular formula is C16H25NO. The van der Waals surface area contributed by atoms with Gasteiger partial charge in [0.1, 0.15) is 5.75 Å². The molecule has 0 saturated heterocycles. The first kappa shape index (κ1) is 13.4. The highest BCUT2D eigenvalue weighted by atomic mass is 16.3. The lowest BCUT2D eigenvalue weighted by Gasteiger charge is -2.27. The number of phenols is 1. The molecule has 1 aliphatic carbocycles. The van der Waals surface area contributed by atoms with Gasteiger partial charge in [-0.15, -0.1) is 0 Å². The summed E-state index contributed by atoms with van der Waals surface area (Å²) >= 11 is 0. The summed E-state index contributed by atoms with van der Waals surface area (Å²) in [5.41, 5.74) is 1.25. The molecule has 0 heterocycles. The first-order chi connectivity index (χ1) is 8.65. The minimum atomic E-state index is 0.340. The van der Waals surface area contributed by atoms with E-state index in [0.717, 1.165) is 18.4 Å². The second-order valence-corrected chi connectivity index (χ2v) is 5.85. The molecule has 1 aliphatic rings. The smallest absolute Gasteiger partial charge is 0.115 e. The summed E-state index contributed by atoms with van der Waals surface area (Å²) < 4.78 is 0. The number of hydrogen-bond acceptors (Lipinski definition) is 2. The first-order valence-electron chi connectivity index (χ1n) is 7.17. The molecule has 1 aromatic carbocycles. The van der Waals surface area contributed by atoms with E-state index in [0.29, 0.717) is 11.8 Å². The van der Waals surface area contributed by atoms with Crippen LogP contribution in [0.1, 0.15) is 51.1 Å². The van der Waals surface area contributed by atoms with Gasteiger partial charge in [0, 0.05) is 6.04 Å². The van der Waals surface area contributed by atoms with Gasteiger partial charge >= 0.3 is 0 Å². The average Bonchev–Trinajstić information content (AvgIpc) is 2.38. The van der Waals surface area contributed by atoms with E-state index < -0.39 is 0 Å². The molecule has 0 spiro atoms. The van der Waals surface area contributed by atoms with Crippen molar-refractivity contribution in [2.75, 3.05) is 6.54 Å². The highest BCUT2D eigenvalue weighted by Crippen LogP contribution is 2.28. The molecule has 0 radical (unpaired) electrons. The van der Waals surface area contributed by atoms with Crippen LogP contribution < -0.4 is 5.32 Å². The van der Waals surface area contributed by atoms with Gasteiger partial charge in [0.15, 0.2) is 0 Å². The Balaban J connectivity index is 1.77. The first-order valence-corrected chi connectivity index (χ1v) is 7.17. The molecule has 1 fully saturated rings. The van der Waals surface area contributed by atoms with Crippen LogP contribution in [0.3, 0.4) is 0 Å². The van der Waals surface area contributed by atoms with Gasteiger partial charge in [0.2, 0.25) is 0 Å². The van der Waals surface area contributed by atoms with Gasteiger partial charge in [-0.1, -0.05) is 31.9 Å². The number of benzene rings is 1. The monoisotopic (exact) mass is 247 g/mol. The van der Waals surface area contributed by atoms with Crippen LogP contribution in [0.15, 0.2) is 24.3 Å². The van der Waals surface area contributed by atoms with Gasteiger partial charge in [-0.2, -0.15) is 0 Å². The number of aromatic hydroxyl groups is 1. The fraction of sp³-hybridized carbons (Fsp3) is 0.625. The molecule has 1 aromatic rings. The maximum atomic E-state index is 9.28. The predicted molar refractivity (Wildman–Crippen MR) is 75.6 cm³/mol. The summed E-state index contributed by atoms with van der Waals surface area (Å²) in [5, 5.41) is 12.9. The van der Waals surface area contributed by atoms with Crippen LogP contribution in [0.25, 0.3) is 0 Å². The summed E-state index contributed by atoms with van der Waals surface area (Å²) in [4.78, 5) is 0. The third-order valence-electron chi connectivity index (χ3n) is 4.24. The molecule has 2 nitrogen and oxygen atoms in total. The fourth-order valence-electron chi connectivity index (χ4n) is 2.76. The van der Waals surface area contributed by atoms with Crippen molar-refractivity contribution < 1.29 is 5.11 Å². The number of hydrogen-bond donors (Lipinski definition) is 2. The highest BCUT2D eigenvalue weighted by molar-refractivity contribution is 5.27. The van der Waals surface area contributed by atoms with Crippen molar-refractivity contribution in [3.8, 4) is 5.75 Å². The minimum absolute atomic E-state index is 0.340. The van der Waals surface area contributed by atoms with Crippen LogP contribution in [0.2, 0.25) is 0 Å². The molecule has 0 amide bonds. The third kappa shape index (κ3) is 3.74. The standard InChI is InChI=1S/C16H25NO/c1-12-3-5-14(6-4-12)11-17-13(2)15-7-9-16(18)10-8-15/h7-10,12-14,17-18H,3-6,11H2,1-2H3. The van der Waals surface area contributed by atoms with Crippen LogP contribution in [-0.2, 0) is 0 Å². The van der Waals surface area contributed by atoms with E-state index in [1.165, 1.54) is 31.2 Å². The molecule has 0 aromatic heterocycles. The zero-order chi connectivity index (χ0) is 13.0. The predicted octanol–water partition coefficient (Wildman–Crippen LogP) is 3.87. The molecule has 0 bridgehead atoms. The number of phenolic OH excluding ortho intramolecular Hbond substituents is 1. The Hall–Kier alpha value is -1.02. The van der Waals surface area contributed by atoms with E-state index in [-0.39, 0.29) is 0 Å². The van der Waals surface area contributed by atoms with Crippen molar-refractivity contribution in [3.63, 3.8) is 0 Å². The summed E-state index contributed by atoms with van der Waals surface area (Å²) in [7, 11) is 0. The van der Waals surface area contributed by atoms with Crippen LogP contribution in [-0.4, -0.2) is 11.7 Å². The lowest BCUT2D eigenvalue weighted by molar-refractivity contribution is 0.276. The molecule has 18 heavy (non-hydrogen) atoms. The molecule has 1 saturated carbocycles. The summed E-state index contributed by atoms with van der Waals surface area (Å²) in [5.74, 6) is 2.11. The topological polar surface area (TPSA) is 32.3 Å². The quantitative estimate of drug-likeness (QED) is 0.846. The van der Waals surface area contributed by atoms with Gasteiger partial charge in [-0.3, -0.25) is 0 Å². The maximum absolute atomic E-state index is 9.28. The van der Waals surface area contributed by atoms with E-state index in [9.17, 15) is 5.11 Å². The van der Waals surface area contributed by atoms with Crippen molar-refractivity contribution in [3.05, 3.63) is 29.8 Å². The summed E-state index contributed by atoms with van der Waals surface area (Å²) in [6.07, 6.45) is 5.52. The Bertz CT molecular complexity index is 352. The number of rotatable bonds is 4. The largest absolute Gasteiger partial charge is 0.508 e. The lowest BCUT2D eigenvalue weighted by atomic mass is 9.83. The third-order valence-corrected chi connectivity index (χ3v) is 4.24. The Labute approximate surface area is 110 Å².